The average molecular weight is 921 g/mol. The summed E-state index contributed by atoms with van der Waals surface area (Å²) in [6.07, 6.45) is 13.0. The Labute approximate surface area is 387 Å². The number of carbonyl (C=O) groups is 1. The average Bonchev–Trinajstić information content (AvgIpc) is 3.83. The molecule has 4 N–H and O–H groups in total. The number of methoxy groups -OCH3 is 1. The van der Waals surface area contributed by atoms with Crippen molar-refractivity contribution in [1.29, 1.82) is 5.26 Å². The van der Waals surface area contributed by atoms with Crippen LogP contribution in [0.3, 0.4) is 0 Å². The van der Waals surface area contributed by atoms with Gasteiger partial charge in [0.15, 0.2) is 11.5 Å². The number of aryl methyl sites for hydroxylation is 1. The number of phosphoric ester groups is 1. The third-order valence-electron chi connectivity index (χ3n) is 13.6. The van der Waals surface area contributed by atoms with Gasteiger partial charge < -0.3 is 38.4 Å². The van der Waals surface area contributed by atoms with Gasteiger partial charge in [-0.25, -0.2) is 4.57 Å². The van der Waals surface area contributed by atoms with Crippen LogP contribution in [-0.4, -0.2) is 91.1 Å². The van der Waals surface area contributed by atoms with Crippen LogP contribution in [0.4, 0.5) is 0 Å². The van der Waals surface area contributed by atoms with E-state index in [4.69, 9.17) is 23.5 Å². The molecule has 1 unspecified atom stereocenters. The number of ether oxygens (including phenoxy) is 4. The summed E-state index contributed by atoms with van der Waals surface area (Å²) in [4.78, 5) is 33.1. The number of aliphatic hydroxyl groups excluding tert-OH is 1. The number of esters is 1. The third-order valence-corrected chi connectivity index (χ3v) is 14.1. The number of aliphatic hydroxyl groups is 1. The molecule has 5 rings (SSSR count). The summed E-state index contributed by atoms with van der Waals surface area (Å²) in [6, 6.07) is 23.9. The molecule has 0 bridgehead atoms. The first-order chi connectivity index (χ1) is 31.4. The fraction of sp³-hybridized carbons (Fsp3) is 0.608. The first-order valence-electron chi connectivity index (χ1n) is 24.1. The molecule has 0 aliphatic heterocycles. The van der Waals surface area contributed by atoms with Gasteiger partial charge in [-0.2, -0.15) is 5.26 Å². The fourth-order valence-corrected chi connectivity index (χ4v) is 9.72. The quantitative estimate of drug-likeness (QED) is 0.0225. The topological polar surface area (TPSA) is 177 Å². The number of nitrogens with one attached hydrogen (secondary N) is 1. The summed E-state index contributed by atoms with van der Waals surface area (Å²) >= 11 is 0. The van der Waals surface area contributed by atoms with Gasteiger partial charge in [-0.3, -0.25) is 14.6 Å². The number of quaternary nitrogens is 1. The van der Waals surface area contributed by atoms with E-state index in [0.29, 0.717) is 79.0 Å². The highest BCUT2D eigenvalue weighted by Crippen LogP contribution is 2.45. The zero-order chi connectivity index (χ0) is 46.5. The Kier molecular flexibility index (Phi) is 21.1. The van der Waals surface area contributed by atoms with E-state index in [1.54, 1.807) is 19.2 Å². The van der Waals surface area contributed by atoms with Crippen LogP contribution < -0.4 is 19.3 Å². The first kappa shape index (κ1) is 52.0. The molecule has 3 aromatic carbocycles. The van der Waals surface area contributed by atoms with Crippen molar-refractivity contribution in [1.82, 2.24) is 5.32 Å². The molecule has 1 atom stereocenters. The van der Waals surface area contributed by atoms with E-state index in [2.05, 4.69) is 35.7 Å². The molecule has 2 aliphatic carbocycles. The number of nitrogens with zero attached hydrogens (tertiary/aromatic N) is 2. The fourth-order valence-electron chi connectivity index (χ4n) is 9.29. The number of phosphoric acid groups is 1. The molecule has 0 spiro atoms. The summed E-state index contributed by atoms with van der Waals surface area (Å²) in [5, 5.41) is 24.8. The minimum absolute atomic E-state index is 0.0203. The SMILES string of the molecule is CC[N+](CC)(CCOC(=O)C1CCC(C#N)(c2ccc(OC)c(OC3CCCC3)c2)CC1)Cc1ccc(C(O)CNCCCCCCOCCCCc2ccccc2)cc1OP(=O)(O)O. The molecule has 358 valence electrons. The van der Waals surface area contributed by atoms with E-state index in [0.717, 1.165) is 96.0 Å². The number of likely N-dealkylation sites (N-methyl/N-ethyl adjacent to an activating group) is 1. The number of rotatable bonds is 29. The molecule has 65 heavy (non-hydrogen) atoms. The van der Waals surface area contributed by atoms with Gasteiger partial charge in [0.05, 0.1) is 49.8 Å². The predicted octanol–water partition coefficient (Wildman–Crippen LogP) is 9.26. The second kappa shape index (κ2) is 26.4. The van der Waals surface area contributed by atoms with E-state index in [-0.39, 0.29) is 36.9 Å². The van der Waals surface area contributed by atoms with Gasteiger partial charge >= 0.3 is 13.8 Å². The number of carbonyl (C=O) groups excluding carboxylic acids is 1. The largest absolute Gasteiger partial charge is 0.524 e. The van der Waals surface area contributed by atoms with Gasteiger partial charge in [0.2, 0.25) is 0 Å². The van der Waals surface area contributed by atoms with E-state index >= 15 is 0 Å². The van der Waals surface area contributed by atoms with Crippen LogP contribution in [0.1, 0.15) is 132 Å². The molecule has 2 saturated carbocycles. The molecule has 0 saturated heterocycles. The lowest BCUT2D eigenvalue weighted by Crippen LogP contribution is -2.49. The number of unbranched alkanes of at least 4 members (excludes halogenated alkanes) is 4. The van der Waals surface area contributed by atoms with Crippen LogP contribution in [0.25, 0.3) is 0 Å². The van der Waals surface area contributed by atoms with Crippen LogP contribution in [0, 0.1) is 17.2 Å². The van der Waals surface area contributed by atoms with E-state index < -0.39 is 19.3 Å². The van der Waals surface area contributed by atoms with Crippen molar-refractivity contribution >= 4 is 13.8 Å². The molecule has 14 heteroatoms. The predicted molar refractivity (Wildman–Crippen MR) is 252 cm³/mol. The Bertz CT molecular complexity index is 1970. The van der Waals surface area contributed by atoms with Crippen LogP contribution in [0.2, 0.25) is 0 Å². The standard InChI is InChI=1S/C51H74N3O10P/c1-4-54(5-2,31-34-62-50(56)41-26-28-51(39-52,29-27-41)44-24-25-47(60-3)49(36-44)63-45-20-11-12-21-45)38-43-23-22-42(35-48(43)64-65(57,58)59)46(55)37-53-30-14-6-7-15-32-61-33-16-13-19-40-17-9-8-10-18-40/h8-10,17-18,22-25,35-36,41,45-46,53,55H,4-7,11-16,19-21,26-34,37-38H2,1-3H3,(H-,57,58,59)/p+1. The van der Waals surface area contributed by atoms with Gasteiger partial charge in [-0.15, -0.1) is 0 Å². The lowest BCUT2D eigenvalue weighted by Gasteiger charge is -2.37. The number of hydrogen-bond acceptors (Lipinski definition) is 10. The summed E-state index contributed by atoms with van der Waals surface area (Å²) in [7, 11) is -3.30. The lowest BCUT2D eigenvalue weighted by molar-refractivity contribution is -0.937. The minimum Gasteiger partial charge on any atom is -0.493 e. The van der Waals surface area contributed by atoms with Crippen molar-refractivity contribution in [3.8, 4) is 23.3 Å². The maximum atomic E-state index is 13.4. The zero-order valence-electron chi connectivity index (χ0n) is 39.1. The molecule has 2 aliphatic rings. The summed E-state index contributed by atoms with van der Waals surface area (Å²) < 4.78 is 41.4. The molecule has 0 aromatic heterocycles. The lowest BCUT2D eigenvalue weighted by atomic mass is 9.67. The highest BCUT2D eigenvalue weighted by atomic mass is 31.2. The molecular weight excluding hydrogens is 846 g/mol. The van der Waals surface area contributed by atoms with Crippen LogP contribution in [0.5, 0.6) is 17.2 Å². The number of benzene rings is 3. The Balaban J connectivity index is 1.05. The summed E-state index contributed by atoms with van der Waals surface area (Å²) in [5.74, 6) is 0.747. The van der Waals surface area contributed by atoms with Crippen molar-refractivity contribution in [2.75, 3.05) is 59.7 Å². The first-order valence-corrected chi connectivity index (χ1v) is 25.6. The van der Waals surface area contributed by atoms with Crippen LogP contribution in [-0.2, 0) is 37.2 Å². The maximum Gasteiger partial charge on any atom is 0.524 e. The Morgan fingerprint density at radius 1 is 0.877 bits per heavy atom. The van der Waals surface area contributed by atoms with Crippen molar-refractivity contribution in [2.45, 2.75) is 134 Å². The second-order valence-corrected chi connectivity index (χ2v) is 19.2. The highest BCUT2D eigenvalue weighted by molar-refractivity contribution is 7.46. The molecule has 0 amide bonds. The third kappa shape index (κ3) is 16.4. The molecular formula is C51H75N3O10P+. The molecule has 0 radical (unpaired) electrons. The van der Waals surface area contributed by atoms with Gasteiger partial charge in [0.1, 0.15) is 25.4 Å². The van der Waals surface area contributed by atoms with E-state index in [9.17, 15) is 29.5 Å². The van der Waals surface area contributed by atoms with Gasteiger partial charge in [-0.1, -0.05) is 55.3 Å². The summed E-state index contributed by atoms with van der Waals surface area (Å²) in [5.41, 5.74) is 2.59. The number of nitriles is 1. The normalized spacial score (nSPS) is 18.5. The Morgan fingerprint density at radius 3 is 2.26 bits per heavy atom. The zero-order valence-corrected chi connectivity index (χ0v) is 40.0. The molecule has 3 aromatic rings. The number of hydrogen-bond donors (Lipinski definition) is 4. The summed E-state index contributed by atoms with van der Waals surface area (Å²) in [6.45, 7) is 9.02. The van der Waals surface area contributed by atoms with Crippen molar-refractivity contribution in [3.63, 3.8) is 0 Å². The Morgan fingerprint density at radius 2 is 1.58 bits per heavy atom. The van der Waals surface area contributed by atoms with E-state index in [1.807, 2.05) is 38.1 Å². The molecule has 2 fully saturated rings. The highest BCUT2D eigenvalue weighted by Gasteiger charge is 2.41. The van der Waals surface area contributed by atoms with Crippen molar-refractivity contribution in [3.05, 3.63) is 89.0 Å². The van der Waals surface area contributed by atoms with Gasteiger partial charge in [0, 0.05) is 25.3 Å². The van der Waals surface area contributed by atoms with Crippen LogP contribution >= 0.6 is 7.82 Å². The van der Waals surface area contributed by atoms with Gasteiger partial charge in [-0.05, 0) is 145 Å². The van der Waals surface area contributed by atoms with Crippen LogP contribution in [0.15, 0.2) is 66.7 Å². The smallest absolute Gasteiger partial charge is 0.493 e. The monoisotopic (exact) mass is 921 g/mol. The molecule has 13 nitrogen and oxygen atoms in total. The van der Waals surface area contributed by atoms with Crippen molar-refractivity contribution in [2.24, 2.45) is 5.92 Å². The Hall–Kier alpha value is -3.99. The van der Waals surface area contributed by atoms with Crippen molar-refractivity contribution < 1.29 is 52.2 Å². The molecule has 0 heterocycles. The van der Waals surface area contributed by atoms with Gasteiger partial charge in [0.25, 0.3) is 0 Å². The minimum atomic E-state index is -4.92. The maximum absolute atomic E-state index is 13.4. The van der Waals surface area contributed by atoms with E-state index in [1.165, 1.54) is 11.6 Å². The second-order valence-electron chi connectivity index (χ2n) is 18.0.